The zero-order valence-corrected chi connectivity index (χ0v) is 16.7. The Bertz CT molecular complexity index is 817. The van der Waals surface area contributed by atoms with Gasteiger partial charge >= 0.3 is 6.03 Å². The first-order valence-electron chi connectivity index (χ1n) is 10.0. The number of urea groups is 1. The number of nitrogens with one attached hydrogen (secondary N) is 2. The van der Waals surface area contributed by atoms with Crippen LogP contribution in [0.5, 0.6) is 0 Å². The summed E-state index contributed by atoms with van der Waals surface area (Å²) in [5, 5.41) is 5.70. The third-order valence-corrected chi connectivity index (χ3v) is 5.43. The van der Waals surface area contributed by atoms with E-state index in [0.717, 1.165) is 36.9 Å². The molecular weight excluding hydrogens is 350 g/mol. The van der Waals surface area contributed by atoms with Crippen LogP contribution in [0.1, 0.15) is 52.7 Å². The molecule has 5 nitrogen and oxygen atoms in total. The first-order chi connectivity index (χ1) is 13.6. The maximum absolute atomic E-state index is 12.6. The smallest absolute Gasteiger partial charge is 0.317 e. The highest BCUT2D eigenvalue weighted by molar-refractivity contribution is 5.94. The lowest BCUT2D eigenvalue weighted by Gasteiger charge is -2.32. The Kier molecular flexibility index (Phi) is 6.69. The summed E-state index contributed by atoms with van der Waals surface area (Å²) in [6.45, 7) is 4.12. The van der Waals surface area contributed by atoms with E-state index in [1.54, 1.807) is 7.05 Å². The second-order valence-corrected chi connectivity index (χ2v) is 7.32. The van der Waals surface area contributed by atoms with Gasteiger partial charge in [0.25, 0.3) is 5.91 Å². The summed E-state index contributed by atoms with van der Waals surface area (Å²) in [6, 6.07) is 16.1. The van der Waals surface area contributed by atoms with E-state index >= 15 is 0 Å². The van der Waals surface area contributed by atoms with E-state index in [2.05, 4.69) is 47.9 Å². The van der Waals surface area contributed by atoms with Crippen LogP contribution < -0.4 is 10.6 Å². The second-order valence-electron chi connectivity index (χ2n) is 7.32. The SMILES string of the molecule is CCc1ccc(CNC(=O)c2cccc([C@@H]3CCCN(C(=O)NC)C3)c2)cc1. The Balaban J connectivity index is 1.63. The number of carbonyl (C=O) groups is 2. The number of benzene rings is 2. The fraction of sp³-hybridized carbons (Fsp3) is 0.391. The average molecular weight is 380 g/mol. The topological polar surface area (TPSA) is 61.4 Å². The molecule has 0 bridgehead atoms. The van der Waals surface area contributed by atoms with Gasteiger partial charge in [-0.15, -0.1) is 0 Å². The van der Waals surface area contributed by atoms with E-state index in [1.807, 2.05) is 23.1 Å². The molecule has 2 aromatic rings. The van der Waals surface area contributed by atoms with Crippen molar-refractivity contribution < 1.29 is 9.59 Å². The van der Waals surface area contributed by atoms with Crippen molar-refractivity contribution in [1.29, 1.82) is 0 Å². The highest BCUT2D eigenvalue weighted by Crippen LogP contribution is 2.27. The number of aryl methyl sites for hydroxylation is 1. The van der Waals surface area contributed by atoms with Gasteiger partial charge in [-0.1, -0.05) is 43.3 Å². The van der Waals surface area contributed by atoms with Crippen LogP contribution in [0.3, 0.4) is 0 Å². The molecule has 3 rings (SSSR count). The van der Waals surface area contributed by atoms with Crippen molar-refractivity contribution in [2.24, 2.45) is 0 Å². The summed E-state index contributed by atoms with van der Waals surface area (Å²) in [4.78, 5) is 26.4. The van der Waals surface area contributed by atoms with E-state index in [1.165, 1.54) is 5.56 Å². The Hall–Kier alpha value is -2.82. The number of nitrogens with zero attached hydrogens (tertiary/aromatic N) is 1. The maximum atomic E-state index is 12.6. The summed E-state index contributed by atoms with van der Waals surface area (Å²) in [5.74, 6) is 0.195. The van der Waals surface area contributed by atoms with Crippen molar-refractivity contribution in [3.05, 3.63) is 70.8 Å². The minimum atomic E-state index is -0.0691. The first-order valence-corrected chi connectivity index (χ1v) is 10.0. The average Bonchev–Trinajstić information content (AvgIpc) is 2.77. The zero-order chi connectivity index (χ0) is 19.9. The minimum Gasteiger partial charge on any atom is -0.348 e. The molecular formula is C23H29N3O2. The molecule has 0 saturated carbocycles. The Morgan fingerprint density at radius 1 is 1.11 bits per heavy atom. The van der Waals surface area contributed by atoms with E-state index in [0.29, 0.717) is 18.7 Å². The van der Waals surface area contributed by atoms with Gasteiger partial charge in [0.15, 0.2) is 0 Å². The normalized spacial score (nSPS) is 16.5. The predicted molar refractivity (Wildman–Crippen MR) is 111 cm³/mol. The zero-order valence-electron chi connectivity index (χ0n) is 16.7. The quantitative estimate of drug-likeness (QED) is 0.832. The number of piperidine rings is 1. The molecule has 1 aliphatic heterocycles. The third-order valence-electron chi connectivity index (χ3n) is 5.43. The van der Waals surface area contributed by atoms with Gasteiger partial charge in [-0.25, -0.2) is 4.79 Å². The van der Waals surface area contributed by atoms with Gasteiger partial charge in [0, 0.05) is 38.2 Å². The Morgan fingerprint density at radius 3 is 2.57 bits per heavy atom. The third kappa shape index (κ3) is 4.91. The summed E-state index contributed by atoms with van der Waals surface area (Å²) in [7, 11) is 1.66. The molecule has 2 aromatic carbocycles. The molecule has 0 spiro atoms. The van der Waals surface area contributed by atoms with Crippen molar-refractivity contribution in [3.8, 4) is 0 Å². The lowest BCUT2D eigenvalue weighted by Crippen LogP contribution is -2.43. The van der Waals surface area contributed by atoms with Crippen LogP contribution in [-0.4, -0.2) is 37.0 Å². The molecule has 0 aromatic heterocycles. The van der Waals surface area contributed by atoms with Gasteiger partial charge in [0.1, 0.15) is 0 Å². The predicted octanol–water partition coefficient (Wildman–Crippen LogP) is 3.70. The van der Waals surface area contributed by atoms with Crippen molar-refractivity contribution >= 4 is 11.9 Å². The molecule has 5 heteroatoms. The first kappa shape index (κ1) is 19.9. The standard InChI is InChI=1S/C23H29N3O2/c1-3-17-9-11-18(12-10-17)15-25-22(27)20-7-4-6-19(14-20)21-8-5-13-26(16-21)23(28)24-2/h4,6-7,9-12,14,21H,3,5,8,13,15-16H2,1-2H3,(H,24,28)(H,25,27)/t21-/m1/s1. The molecule has 1 saturated heterocycles. The molecule has 1 heterocycles. The van der Waals surface area contributed by atoms with Crippen LogP contribution in [0.15, 0.2) is 48.5 Å². The van der Waals surface area contributed by atoms with Gasteiger partial charge in [0.2, 0.25) is 0 Å². The van der Waals surface area contributed by atoms with Crippen molar-refractivity contribution in [2.75, 3.05) is 20.1 Å². The number of carbonyl (C=O) groups excluding carboxylic acids is 2. The Labute approximate surface area is 167 Å². The lowest BCUT2D eigenvalue weighted by atomic mass is 9.89. The van der Waals surface area contributed by atoms with Crippen LogP contribution in [-0.2, 0) is 13.0 Å². The van der Waals surface area contributed by atoms with Crippen LogP contribution in [0.25, 0.3) is 0 Å². The molecule has 1 atom stereocenters. The van der Waals surface area contributed by atoms with Gasteiger partial charge in [-0.2, -0.15) is 0 Å². The molecule has 28 heavy (non-hydrogen) atoms. The van der Waals surface area contributed by atoms with Gasteiger partial charge in [0.05, 0.1) is 0 Å². The number of rotatable bonds is 5. The number of hydrogen-bond acceptors (Lipinski definition) is 2. The van der Waals surface area contributed by atoms with Crippen LogP contribution in [0, 0.1) is 0 Å². The van der Waals surface area contributed by atoms with E-state index in [4.69, 9.17) is 0 Å². The highest BCUT2D eigenvalue weighted by atomic mass is 16.2. The summed E-state index contributed by atoms with van der Waals surface area (Å²) < 4.78 is 0. The second kappa shape index (κ2) is 9.40. The molecule has 2 N–H and O–H groups in total. The molecule has 0 unspecified atom stereocenters. The number of likely N-dealkylation sites (tertiary alicyclic amines) is 1. The van der Waals surface area contributed by atoms with Gasteiger partial charge < -0.3 is 15.5 Å². The lowest BCUT2D eigenvalue weighted by molar-refractivity contribution is 0.0950. The minimum absolute atomic E-state index is 0.0345. The fourth-order valence-electron chi connectivity index (χ4n) is 3.70. The fourth-order valence-corrected chi connectivity index (χ4v) is 3.70. The van der Waals surface area contributed by atoms with E-state index < -0.39 is 0 Å². The number of amides is 3. The maximum Gasteiger partial charge on any atom is 0.317 e. The van der Waals surface area contributed by atoms with Gasteiger partial charge in [-0.3, -0.25) is 4.79 Å². The molecule has 3 amide bonds. The monoisotopic (exact) mass is 379 g/mol. The van der Waals surface area contributed by atoms with Gasteiger partial charge in [-0.05, 0) is 48.1 Å². The van der Waals surface area contributed by atoms with Crippen molar-refractivity contribution in [2.45, 2.75) is 38.6 Å². The molecule has 148 valence electrons. The molecule has 0 radical (unpaired) electrons. The molecule has 1 aliphatic rings. The van der Waals surface area contributed by atoms with Crippen LogP contribution in [0.2, 0.25) is 0 Å². The van der Waals surface area contributed by atoms with Crippen LogP contribution in [0.4, 0.5) is 4.79 Å². The highest BCUT2D eigenvalue weighted by Gasteiger charge is 2.24. The molecule has 0 aliphatic carbocycles. The van der Waals surface area contributed by atoms with E-state index in [-0.39, 0.29) is 17.9 Å². The van der Waals surface area contributed by atoms with Crippen molar-refractivity contribution in [1.82, 2.24) is 15.5 Å². The number of hydrogen-bond donors (Lipinski definition) is 2. The molecule has 1 fully saturated rings. The summed E-state index contributed by atoms with van der Waals surface area (Å²) >= 11 is 0. The van der Waals surface area contributed by atoms with Crippen molar-refractivity contribution in [3.63, 3.8) is 0 Å². The summed E-state index contributed by atoms with van der Waals surface area (Å²) in [5.41, 5.74) is 4.17. The largest absolute Gasteiger partial charge is 0.348 e. The summed E-state index contributed by atoms with van der Waals surface area (Å²) in [6.07, 6.45) is 3.02. The van der Waals surface area contributed by atoms with E-state index in [9.17, 15) is 9.59 Å². The van der Waals surface area contributed by atoms with Crippen LogP contribution >= 0.6 is 0 Å². The Morgan fingerprint density at radius 2 is 1.86 bits per heavy atom.